The molecule has 2 aromatic rings. The van der Waals surface area contributed by atoms with Gasteiger partial charge in [-0.1, -0.05) is 18.2 Å². The van der Waals surface area contributed by atoms with Gasteiger partial charge in [0.2, 0.25) is 0 Å². The zero-order valence-electron chi connectivity index (χ0n) is 11.5. The van der Waals surface area contributed by atoms with Crippen LogP contribution in [0.5, 0.6) is 0 Å². The van der Waals surface area contributed by atoms with E-state index < -0.39 is 0 Å². The fourth-order valence-electron chi connectivity index (χ4n) is 2.68. The zero-order valence-corrected chi connectivity index (χ0v) is 11.5. The van der Waals surface area contributed by atoms with E-state index in [1.807, 2.05) is 24.0 Å². The molecule has 2 heterocycles. The number of carbonyl (C=O) groups excluding carboxylic acids is 1. The van der Waals surface area contributed by atoms with Crippen LogP contribution in [-0.2, 0) is 6.54 Å². The fraction of sp³-hybridized carbons (Fsp3) is 0.400. The Bertz CT molecular complexity index is 715. The number of nitrogens with zero attached hydrogens (tertiary/aromatic N) is 3. The van der Waals surface area contributed by atoms with E-state index in [-0.39, 0.29) is 11.5 Å². The molecule has 1 aromatic carbocycles. The van der Waals surface area contributed by atoms with Crippen LogP contribution in [-0.4, -0.2) is 33.7 Å². The molecule has 0 aliphatic carbocycles. The second-order valence-electron chi connectivity index (χ2n) is 5.01. The highest BCUT2D eigenvalue weighted by molar-refractivity contribution is 6.04. The molecule has 0 unspecified atom stereocenters. The average Bonchev–Trinajstić information content (AvgIpc) is 3.01. The van der Waals surface area contributed by atoms with E-state index in [1.165, 1.54) is 4.68 Å². The van der Waals surface area contributed by atoms with E-state index in [2.05, 4.69) is 5.10 Å². The van der Waals surface area contributed by atoms with Gasteiger partial charge >= 0.3 is 0 Å². The predicted molar refractivity (Wildman–Crippen MR) is 76.8 cm³/mol. The molecule has 5 nitrogen and oxygen atoms in total. The van der Waals surface area contributed by atoms with Crippen LogP contribution >= 0.6 is 0 Å². The van der Waals surface area contributed by atoms with Gasteiger partial charge in [-0.05, 0) is 25.8 Å². The molecule has 104 valence electrons. The predicted octanol–water partition coefficient (Wildman–Crippen LogP) is 1.65. The van der Waals surface area contributed by atoms with E-state index in [9.17, 15) is 9.59 Å². The highest BCUT2D eigenvalue weighted by Crippen LogP contribution is 2.18. The van der Waals surface area contributed by atoms with Crippen molar-refractivity contribution in [1.82, 2.24) is 14.7 Å². The molecule has 1 saturated heterocycles. The molecule has 1 aliphatic rings. The molecule has 3 rings (SSSR count). The Morgan fingerprint density at radius 3 is 2.50 bits per heavy atom. The second kappa shape index (κ2) is 5.07. The largest absolute Gasteiger partial charge is 0.337 e. The van der Waals surface area contributed by atoms with Crippen LogP contribution in [0, 0.1) is 0 Å². The first-order chi connectivity index (χ1) is 9.72. The van der Waals surface area contributed by atoms with Crippen molar-refractivity contribution < 1.29 is 4.79 Å². The molecular weight excluding hydrogens is 254 g/mol. The van der Waals surface area contributed by atoms with Crippen molar-refractivity contribution >= 4 is 16.7 Å². The highest BCUT2D eigenvalue weighted by Gasteiger charge is 2.23. The van der Waals surface area contributed by atoms with Crippen LogP contribution < -0.4 is 5.56 Å². The summed E-state index contributed by atoms with van der Waals surface area (Å²) in [4.78, 5) is 26.6. The van der Waals surface area contributed by atoms with Crippen molar-refractivity contribution in [2.45, 2.75) is 26.3 Å². The van der Waals surface area contributed by atoms with Gasteiger partial charge in [-0.2, -0.15) is 5.10 Å². The summed E-state index contributed by atoms with van der Waals surface area (Å²) in [5.74, 6) is -0.0686. The van der Waals surface area contributed by atoms with Gasteiger partial charge in [-0.15, -0.1) is 0 Å². The molecular formula is C15H17N3O2. The Morgan fingerprint density at radius 1 is 1.20 bits per heavy atom. The van der Waals surface area contributed by atoms with Crippen molar-refractivity contribution in [3.05, 3.63) is 40.3 Å². The van der Waals surface area contributed by atoms with Crippen molar-refractivity contribution in [3.8, 4) is 0 Å². The number of rotatable bonds is 2. The molecule has 5 heteroatoms. The molecule has 1 aliphatic heterocycles. The number of fused-ring (bicyclic) bond motifs is 1. The maximum atomic E-state index is 12.6. The first kappa shape index (κ1) is 12.8. The Morgan fingerprint density at radius 2 is 1.85 bits per heavy atom. The Kier molecular flexibility index (Phi) is 3.26. The first-order valence-electron chi connectivity index (χ1n) is 7.01. The summed E-state index contributed by atoms with van der Waals surface area (Å²) in [5, 5.41) is 5.49. The molecule has 1 amide bonds. The van der Waals surface area contributed by atoms with E-state index in [4.69, 9.17) is 0 Å². The monoisotopic (exact) mass is 271 g/mol. The maximum Gasteiger partial charge on any atom is 0.274 e. The van der Waals surface area contributed by atoms with Gasteiger partial charge in [-0.25, -0.2) is 4.68 Å². The van der Waals surface area contributed by atoms with Gasteiger partial charge in [0.15, 0.2) is 5.69 Å². The molecule has 1 aromatic heterocycles. The van der Waals surface area contributed by atoms with Gasteiger partial charge in [0, 0.05) is 25.0 Å². The van der Waals surface area contributed by atoms with Crippen LogP contribution in [0.4, 0.5) is 0 Å². The van der Waals surface area contributed by atoms with Gasteiger partial charge in [0.25, 0.3) is 11.5 Å². The summed E-state index contributed by atoms with van der Waals surface area (Å²) >= 11 is 0. The molecule has 0 bridgehead atoms. The van der Waals surface area contributed by atoms with Crippen LogP contribution in [0.3, 0.4) is 0 Å². The van der Waals surface area contributed by atoms with Crippen LogP contribution in [0.2, 0.25) is 0 Å². The Hall–Kier alpha value is -2.17. The summed E-state index contributed by atoms with van der Waals surface area (Å²) in [7, 11) is 0. The number of aromatic nitrogens is 2. The lowest BCUT2D eigenvalue weighted by molar-refractivity contribution is 0.0786. The minimum Gasteiger partial charge on any atom is -0.337 e. The minimum atomic E-state index is -0.138. The van der Waals surface area contributed by atoms with Gasteiger partial charge < -0.3 is 4.90 Å². The number of hydrogen-bond donors (Lipinski definition) is 0. The number of hydrogen-bond acceptors (Lipinski definition) is 3. The van der Waals surface area contributed by atoms with Crippen molar-refractivity contribution in [3.63, 3.8) is 0 Å². The first-order valence-corrected chi connectivity index (χ1v) is 7.01. The summed E-state index contributed by atoms with van der Waals surface area (Å²) < 4.78 is 1.37. The molecule has 1 fully saturated rings. The quantitative estimate of drug-likeness (QED) is 0.834. The molecule has 0 radical (unpaired) electrons. The van der Waals surface area contributed by atoms with E-state index >= 15 is 0 Å². The number of amides is 1. The van der Waals surface area contributed by atoms with Crippen LogP contribution in [0.15, 0.2) is 29.1 Å². The number of likely N-dealkylation sites (tertiary alicyclic amines) is 1. The third-order valence-electron chi connectivity index (χ3n) is 3.76. The van der Waals surface area contributed by atoms with Gasteiger partial charge in [0.05, 0.1) is 5.39 Å². The van der Waals surface area contributed by atoms with E-state index in [0.29, 0.717) is 23.0 Å². The molecule has 0 N–H and O–H groups in total. The fourth-order valence-corrected chi connectivity index (χ4v) is 2.68. The normalized spacial score (nSPS) is 14.9. The Labute approximate surface area is 116 Å². The third kappa shape index (κ3) is 1.99. The number of carbonyl (C=O) groups is 1. The third-order valence-corrected chi connectivity index (χ3v) is 3.76. The summed E-state index contributed by atoms with van der Waals surface area (Å²) in [6.45, 7) is 3.87. The molecule has 20 heavy (non-hydrogen) atoms. The lowest BCUT2D eigenvalue weighted by atomic mass is 10.1. The summed E-state index contributed by atoms with van der Waals surface area (Å²) in [5.41, 5.74) is 0.255. The molecule has 0 spiro atoms. The summed E-state index contributed by atoms with van der Waals surface area (Å²) in [6, 6.07) is 7.20. The van der Waals surface area contributed by atoms with Crippen LogP contribution in [0.1, 0.15) is 30.3 Å². The van der Waals surface area contributed by atoms with E-state index in [1.54, 1.807) is 12.1 Å². The lowest BCUT2D eigenvalue weighted by Gasteiger charge is -2.16. The smallest absolute Gasteiger partial charge is 0.274 e. The number of benzene rings is 1. The van der Waals surface area contributed by atoms with Gasteiger partial charge in [0.1, 0.15) is 0 Å². The van der Waals surface area contributed by atoms with Crippen molar-refractivity contribution in [2.24, 2.45) is 0 Å². The topological polar surface area (TPSA) is 55.2 Å². The standard InChI is InChI=1S/C15H17N3O2/c1-2-18-14(19)12-8-4-3-7-11(12)13(16-18)15(20)17-9-5-6-10-17/h3-4,7-8H,2,5-6,9-10H2,1H3. The molecule has 0 saturated carbocycles. The Balaban J connectivity index is 2.21. The second-order valence-corrected chi connectivity index (χ2v) is 5.01. The van der Waals surface area contributed by atoms with E-state index in [0.717, 1.165) is 25.9 Å². The van der Waals surface area contributed by atoms with Crippen molar-refractivity contribution in [1.29, 1.82) is 0 Å². The average molecular weight is 271 g/mol. The van der Waals surface area contributed by atoms with Crippen LogP contribution in [0.25, 0.3) is 10.8 Å². The van der Waals surface area contributed by atoms with Crippen molar-refractivity contribution in [2.75, 3.05) is 13.1 Å². The minimum absolute atomic E-state index is 0.0686. The van der Waals surface area contributed by atoms with Gasteiger partial charge in [-0.3, -0.25) is 9.59 Å². The SMILES string of the molecule is CCn1nc(C(=O)N2CCCC2)c2ccccc2c1=O. The zero-order chi connectivity index (χ0) is 14.1. The maximum absolute atomic E-state index is 12.6. The lowest BCUT2D eigenvalue weighted by Crippen LogP contribution is -2.32. The highest BCUT2D eigenvalue weighted by atomic mass is 16.2. The molecule has 0 atom stereocenters. The number of aryl methyl sites for hydroxylation is 1. The summed E-state index contributed by atoms with van der Waals surface area (Å²) in [6.07, 6.45) is 2.08.